The fourth-order valence-corrected chi connectivity index (χ4v) is 2.41. The number of nitrogens with two attached hydrogens (primary N) is 1. The van der Waals surface area contributed by atoms with E-state index in [0.29, 0.717) is 11.3 Å². The third-order valence-electron chi connectivity index (χ3n) is 3.56. The average molecular weight is 311 g/mol. The minimum atomic E-state index is -0.657. The first-order valence-corrected chi connectivity index (χ1v) is 7.47. The fraction of sp³-hybridized carbons (Fsp3) is 0.222. The highest BCUT2D eigenvalue weighted by Gasteiger charge is 2.12. The predicted octanol–water partition coefficient (Wildman–Crippen LogP) is 2.85. The van der Waals surface area contributed by atoms with E-state index in [4.69, 9.17) is 5.73 Å². The highest BCUT2D eigenvalue weighted by Crippen LogP contribution is 2.12. The molecule has 0 aliphatic heterocycles. The van der Waals surface area contributed by atoms with Gasteiger partial charge in [-0.15, -0.1) is 0 Å². The predicted molar refractivity (Wildman–Crippen MR) is 91.5 cm³/mol. The van der Waals surface area contributed by atoms with Crippen molar-refractivity contribution in [1.29, 1.82) is 0 Å². The molecule has 0 aliphatic rings. The molecule has 0 heterocycles. The number of amides is 3. The molecule has 120 valence electrons. The van der Waals surface area contributed by atoms with Crippen molar-refractivity contribution < 1.29 is 9.59 Å². The van der Waals surface area contributed by atoms with Crippen molar-refractivity contribution in [3.05, 3.63) is 65.2 Å². The van der Waals surface area contributed by atoms with Crippen molar-refractivity contribution in [3.8, 4) is 0 Å². The third kappa shape index (κ3) is 4.85. The van der Waals surface area contributed by atoms with E-state index in [-0.39, 0.29) is 11.9 Å². The van der Waals surface area contributed by atoms with Crippen LogP contribution in [0.2, 0.25) is 0 Å². The lowest BCUT2D eigenvalue weighted by Gasteiger charge is -2.16. The second kappa shape index (κ2) is 7.45. The maximum absolute atomic E-state index is 12.3. The molecule has 0 bridgehead atoms. The van der Waals surface area contributed by atoms with Crippen molar-refractivity contribution in [2.24, 2.45) is 5.73 Å². The zero-order valence-electron chi connectivity index (χ0n) is 13.3. The minimum Gasteiger partial charge on any atom is -0.351 e. The van der Waals surface area contributed by atoms with Crippen LogP contribution in [-0.2, 0) is 6.42 Å². The molecule has 5 nitrogen and oxygen atoms in total. The monoisotopic (exact) mass is 311 g/mol. The number of aryl methyl sites for hydroxylation is 1. The Hall–Kier alpha value is -2.82. The Morgan fingerprint density at radius 2 is 1.87 bits per heavy atom. The van der Waals surface area contributed by atoms with E-state index < -0.39 is 6.03 Å². The zero-order chi connectivity index (χ0) is 16.8. The van der Waals surface area contributed by atoms with Crippen molar-refractivity contribution in [3.63, 3.8) is 0 Å². The first-order chi connectivity index (χ1) is 11.0. The number of hydrogen-bond donors (Lipinski definition) is 3. The molecule has 2 aromatic rings. The maximum atomic E-state index is 12.3. The Labute approximate surface area is 135 Å². The van der Waals surface area contributed by atoms with Gasteiger partial charge in [0.2, 0.25) is 0 Å². The molecule has 0 saturated heterocycles. The zero-order valence-corrected chi connectivity index (χ0v) is 13.3. The summed E-state index contributed by atoms with van der Waals surface area (Å²) < 4.78 is 0. The molecule has 0 fully saturated rings. The topological polar surface area (TPSA) is 84.2 Å². The summed E-state index contributed by atoms with van der Waals surface area (Å²) in [6.45, 7) is 4.03. The second-order valence-corrected chi connectivity index (χ2v) is 5.58. The molecule has 0 aromatic heterocycles. The number of nitrogens with one attached hydrogen (secondary N) is 2. The second-order valence-electron chi connectivity index (χ2n) is 5.58. The summed E-state index contributed by atoms with van der Waals surface area (Å²) in [4.78, 5) is 23.2. The van der Waals surface area contributed by atoms with Gasteiger partial charge in [0.05, 0.1) is 0 Å². The molecule has 2 aromatic carbocycles. The SMILES string of the molecule is Cc1ccccc1C[C@@H](C)NC(=O)c1cccc(NC(N)=O)c1. The van der Waals surface area contributed by atoms with Gasteiger partial charge in [-0.05, 0) is 49.6 Å². The minimum absolute atomic E-state index is 0.00337. The normalized spacial score (nSPS) is 11.6. The Morgan fingerprint density at radius 3 is 2.57 bits per heavy atom. The molecule has 23 heavy (non-hydrogen) atoms. The molecular formula is C18H21N3O2. The van der Waals surface area contributed by atoms with E-state index in [0.717, 1.165) is 6.42 Å². The smallest absolute Gasteiger partial charge is 0.316 e. The van der Waals surface area contributed by atoms with Gasteiger partial charge < -0.3 is 16.4 Å². The van der Waals surface area contributed by atoms with Crippen LogP contribution in [0.1, 0.15) is 28.4 Å². The summed E-state index contributed by atoms with van der Waals surface area (Å²) in [6, 6.07) is 14.1. The molecule has 0 radical (unpaired) electrons. The molecule has 1 atom stereocenters. The van der Waals surface area contributed by atoms with Crippen molar-refractivity contribution >= 4 is 17.6 Å². The van der Waals surface area contributed by atoms with Gasteiger partial charge in [0, 0.05) is 17.3 Å². The van der Waals surface area contributed by atoms with Gasteiger partial charge in [-0.1, -0.05) is 30.3 Å². The summed E-state index contributed by atoms with van der Waals surface area (Å²) in [7, 11) is 0. The van der Waals surface area contributed by atoms with Gasteiger partial charge in [-0.25, -0.2) is 4.79 Å². The number of rotatable bonds is 5. The highest BCUT2D eigenvalue weighted by atomic mass is 16.2. The lowest BCUT2D eigenvalue weighted by Crippen LogP contribution is -2.34. The van der Waals surface area contributed by atoms with E-state index in [1.807, 2.05) is 19.1 Å². The summed E-state index contributed by atoms with van der Waals surface area (Å²) in [5.41, 5.74) is 8.48. The van der Waals surface area contributed by atoms with E-state index in [2.05, 4.69) is 29.7 Å². The Kier molecular flexibility index (Phi) is 5.36. The molecule has 5 heteroatoms. The molecule has 0 unspecified atom stereocenters. The number of primary amides is 1. The van der Waals surface area contributed by atoms with Crippen LogP contribution < -0.4 is 16.4 Å². The largest absolute Gasteiger partial charge is 0.351 e. The van der Waals surface area contributed by atoms with E-state index >= 15 is 0 Å². The van der Waals surface area contributed by atoms with Gasteiger partial charge in [-0.3, -0.25) is 4.79 Å². The fourth-order valence-electron chi connectivity index (χ4n) is 2.41. The average Bonchev–Trinajstić information content (AvgIpc) is 2.49. The van der Waals surface area contributed by atoms with Gasteiger partial charge in [0.25, 0.3) is 5.91 Å². The Balaban J connectivity index is 2.01. The van der Waals surface area contributed by atoms with E-state index in [1.54, 1.807) is 24.3 Å². The molecule has 3 amide bonds. The van der Waals surface area contributed by atoms with Crippen LogP contribution in [0, 0.1) is 6.92 Å². The van der Waals surface area contributed by atoms with Crippen LogP contribution in [0.15, 0.2) is 48.5 Å². The standard InChI is InChI=1S/C18H21N3O2/c1-12-6-3-4-7-14(12)10-13(2)20-17(22)15-8-5-9-16(11-15)21-18(19)23/h3-9,11,13H,10H2,1-2H3,(H,20,22)(H3,19,21,23)/t13-/m1/s1. The molecule has 0 aliphatic carbocycles. The summed E-state index contributed by atoms with van der Waals surface area (Å²) in [6.07, 6.45) is 0.762. The molecule has 0 spiro atoms. The first-order valence-electron chi connectivity index (χ1n) is 7.47. The Bertz CT molecular complexity index is 713. The summed E-state index contributed by atoms with van der Waals surface area (Å²) >= 11 is 0. The highest BCUT2D eigenvalue weighted by molar-refractivity contribution is 5.96. The lowest BCUT2D eigenvalue weighted by atomic mass is 10.0. The van der Waals surface area contributed by atoms with E-state index in [1.165, 1.54) is 11.1 Å². The van der Waals surface area contributed by atoms with Crippen LogP contribution in [0.25, 0.3) is 0 Å². The number of benzene rings is 2. The number of urea groups is 1. The Morgan fingerprint density at radius 1 is 1.13 bits per heavy atom. The lowest BCUT2D eigenvalue weighted by molar-refractivity contribution is 0.0940. The molecule has 4 N–H and O–H groups in total. The van der Waals surface area contributed by atoms with Gasteiger partial charge in [0.15, 0.2) is 0 Å². The number of anilines is 1. The van der Waals surface area contributed by atoms with Crippen LogP contribution in [0.4, 0.5) is 10.5 Å². The van der Waals surface area contributed by atoms with Crippen LogP contribution in [-0.4, -0.2) is 18.0 Å². The summed E-state index contributed by atoms with van der Waals surface area (Å²) in [5.74, 6) is -0.181. The maximum Gasteiger partial charge on any atom is 0.316 e. The van der Waals surface area contributed by atoms with Gasteiger partial charge >= 0.3 is 6.03 Å². The number of carbonyl (C=O) groups excluding carboxylic acids is 2. The number of carbonyl (C=O) groups is 2. The first kappa shape index (κ1) is 16.5. The van der Waals surface area contributed by atoms with Gasteiger partial charge in [0.1, 0.15) is 0 Å². The molecule has 2 rings (SSSR count). The number of hydrogen-bond acceptors (Lipinski definition) is 2. The van der Waals surface area contributed by atoms with Crippen molar-refractivity contribution in [2.45, 2.75) is 26.3 Å². The molecular weight excluding hydrogens is 290 g/mol. The van der Waals surface area contributed by atoms with E-state index in [9.17, 15) is 9.59 Å². The van der Waals surface area contributed by atoms with Crippen molar-refractivity contribution in [2.75, 3.05) is 5.32 Å². The third-order valence-corrected chi connectivity index (χ3v) is 3.56. The van der Waals surface area contributed by atoms with Crippen molar-refractivity contribution in [1.82, 2.24) is 5.32 Å². The van der Waals surface area contributed by atoms with Gasteiger partial charge in [-0.2, -0.15) is 0 Å². The summed E-state index contributed by atoms with van der Waals surface area (Å²) in [5, 5.41) is 5.43. The van der Waals surface area contributed by atoms with Crippen LogP contribution >= 0.6 is 0 Å². The van der Waals surface area contributed by atoms with Crippen LogP contribution in [0.3, 0.4) is 0 Å². The van der Waals surface area contributed by atoms with Crippen LogP contribution in [0.5, 0.6) is 0 Å². The molecule has 0 saturated carbocycles. The quantitative estimate of drug-likeness (QED) is 0.793.